The van der Waals surface area contributed by atoms with Crippen LogP contribution in [-0.2, 0) is 19.6 Å². The summed E-state index contributed by atoms with van der Waals surface area (Å²) >= 11 is 0. The number of aliphatic hydroxyl groups excluding tert-OH is 1. The molecule has 0 spiro atoms. The minimum atomic E-state index is -4.44. The zero-order valence-electron chi connectivity index (χ0n) is 10.7. The minimum Gasteiger partial charge on any atom is -0.478 e. The highest BCUT2D eigenvalue weighted by atomic mass is 32.2. The van der Waals surface area contributed by atoms with Crippen LogP contribution < -0.4 is 4.72 Å². The van der Waals surface area contributed by atoms with Crippen molar-refractivity contribution in [2.24, 2.45) is 0 Å². The topological polar surface area (TPSA) is 130 Å². The molecule has 0 fully saturated rings. The number of rotatable bonds is 6. The molecule has 1 aromatic carbocycles. The number of aliphatic hydroxyl groups is 1. The van der Waals surface area contributed by atoms with E-state index in [0.29, 0.717) is 12.1 Å². The first kappa shape index (κ1) is 17.0. The zero-order valence-corrected chi connectivity index (χ0v) is 11.6. The number of halogens is 1. The molecule has 0 heterocycles. The number of hydrogen-bond donors (Lipinski definition) is 3. The predicted octanol–water partition coefficient (Wildman–Crippen LogP) is -0.664. The van der Waals surface area contributed by atoms with Gasteiger partial charge < -0.3 is 14.9 Å². The highest BCUT2D eigenvalue weighted by molar-refractivity contribution is 7.89. The van der Waals surface area contributed by atoms with E-state index < -0.39 is 50.9 Å². The predicted molar refractivity (Wildman–Crippen MR) is 66.6 cm³/mol. The number of carboxylic acids is 1. The Morgan fingerprint density at radius 1 is 1.43 bits per heavy atom. The molecular weight excluding hydrogens is 309 g/mol. The van der Waals surface area contributed by atoms with Crippen molar-refractivity contribution in [2.45, 2.75) is 11.0 Å². The fraction of sp³-hybridized carbons (Fsp3) is 0.273. The molecule has 1 rings (SSSR count). The summed E-state index contributed by atoms with van der Waals surface area (Å²) < 4.78 is 43.2. The highest BCUT2D eigenvalue weighted by Crippen LogP contribution is 2.16. The molecule has 0 aliphatic rings. The molecule has 0 aliphatic carbocycles. The van der Waals surface area contributed by atoms with Gasteiger partial charge in [0.2, 0.25) is 10.0 Å². The summed E-state index contributed by atoms with van der Waals surface area (Å²) in [5.74, 6) is -3.67. The van der Waals surface area contributed by atoms with Crippen molar-refractivity contribution in [2.75, 3.05) is 13.7 Å². The van der Waals surface area contributed by atoms with Gasteiger partial charge in [-0.05, 0) is 18.2 Å². The summed E-state index contributed by atoms with van der Waals surface area (Å²) in [5, 5.41) is 18.0. The van der Waals surface area contributed by atoms with Gasteiger partial charge in [0.15, 0.2) is 6.10 Å². The zero-order chi connectivity index (χ0) is 16.2. The van der Waals surface area contributed by atoms with E-state index in [1.165, 1.54) is 0 Å². The Morgan fingerprint density at radius 2 is 2.05 bits per heavy atom. The molecule has 8 nitrogen and oxygen atoms in total. The maximum atomic E-state index is 13.5. The van der Waals surface area contributed by atoms with E-state index >= 15 is 0 Å². The van der Waals surface area contributed by atoms with Gasteiger partial charge >= 0.3 is 11.9 Å². The van der Waals surface area contributed by atoms with Crippen molar-refractivity contribution < 1.29 is 37.3 Å². The number of aromatic carboxylic acids is 1. The maximum Gasteiger partial charge on any atom is 0.336 e. The number of nitrogens with one attached hydrogen (secondary N) is 1. The maximum absolute atomic E-state index is 13.5. The third-order valence-electron chi connectivity index (χ3n) is 2.41. The van der Waals surface area contributed by atoms with Gasteiger partial charge in [-0.1, -0.05) is 0 Å². The average Bonchev–Trinajstić information content (AvgIpc) is 2.43. The monoisotopic (exact) mass is 321 g/mol. The van der Waals surface area contributed by atoms with Crippen LogP contribution in [0, 0.1) is 5.82 Å². The fourth-order valence-corrected chi connectivity index (χ4v) is 2.47. The van der Waals surface area contributed by atoms with Crippen LogP contribution in [0.25, 0.3) is 0 Å². The number of carbonyl (C=O) groups excluding carboxylic acids is 1. The van der Waals surface area contributed by atoms with Crippen LogP contribution in [0.4, 0.5) is 4.39 Å². The number of methoxy groups -OCH3 is 1. The van der Waals surface area contributed by atoms with Crippen molar-refractivity contribution >= 4 is 22.0 Å². The number of carboxylic acid groups (broad SMARTS) is 1. The van der Waals surface area contributed by atoms with Gasteiger partial charge in [0, 0.05) is 6.54 Å². The number of carbonyl (C=O) groups is 2. The Morgan fingerprint density at radius 3 is 2.57 bits per heavy atom. The van der Waals surface area contributed by atoms with E-state index in [2.05, 4.69) is 4.74 Å². The Labute approximate surface area is 119 Å². The first-order valence-electron chi connectivity index (χ1n) is 5.47. The van der Waals surface area contributed by atoms with Crippen LogP contribution in [0.5, 0.6) is 0 Å². The lowest BCUT2D eigenvalue weighted by atomic mass is 10.2. The molecule has 0 saturated heterocycles. The Balaban J connectivity index is 3.00. The smallest absolute Gasteiger partial charge is 0.336 e. The van der Waals surface area contributed by atoms with Crippen LogP contribution in [0.1, 0.15) is 10.4 Å². The van der Waals surface area contributed by atoms with Crippen molar-refractivity contribution in [3.8, 4) is 0 Å². The Kier molecular flexibility index (Phi) is 5.35. The normalized spacial score (nSPS) is 12.7. The Hall–Kier alpha value is -2.04. The molecule has 1 unspecified atom stereocenters. The second-order valence-electron chi connectivity index (χ2n) is 3.84. The van der Waals surface area contributed by atoms with Gasteiger partial charge in [-0.25, -0.2) is 27.1 Å². The quantitative estimate of drug-likeness (QED) is 0.593. The second kappa shape index (κ2) is 6.61. The molecule has 0 aliphatic heterocycles. The minimum absolute atomic E-state index is 0.426. The molecule has 1 atom stereocenters. The summed E-state index contributed by atoms with van der Waals surface area (Å²) in [4.78, 5) is 20.8. The first-order valence-corrected chi connectivity index (χ1v) is 6.95. The van der Waals surface area contributed by atoms with Gasteiger partial charge in [-0.2, -0.15) is 0 Å². The molecule has 3 N–H and O–H groups in total. The molecule has 21 heavy (non-hydrogen) atoms. The molecular formula is C11H12FNO7S. The summed E-state index contributed by atoms with van der Waals surface area (Å²) in [5.41, 5.74) is -0.426. The second-order valence-corrected chi connectivity index (χ2v) is 5.58. The molecule has 0 aromatic heterocycles. The highest BCUT2D eigenvalue weighted by Gasteiger charge is 2.24. The molecule has 0 radical (unpaired) electrons. The van der Waals surface area contributed by atoms with Crippen molar-refractivity contribution in [3.05, 3.63) is 29.6 Å². The largest absolute Gasteiger partial charge is 0.478 e. The summed E-state index contributed by atoms with van der Waals surface area (Å²) in [7, 11) is -3.44. The number of ether oxygens (including phenoxy) is 1. The number of hydrogen-bond acceptors (Lipinski definition) is 6. The van der Waals surface area contributed by atoms with Gasteiger partial charge in [-0.3, -0.25) is 0 Å². The van der Waals surface area contributed by atoms with E-state index in [0.717, 1.165) is 13.2 Å². The van der Waals surface area contributed by atoms with E-state index in [1.807, 2.05) is 0 Å². The van der Waals surface area contributed by atoms with Crippen LogP contribution in [0.3, 0.4) is 0 Å². The van der Waals surface area contributed by atoms with Crippen molar-refractivity contribution in [3.63, 3.8) is 0 Å². The van der Waals surface area contributed by atoms with Crippen LogP contribution >= 0.6 is 0 Å². The van der Waals surface area contributed by atoms with E-state index in [9.17, 15) is 27.5 Å². The summed E-state index contributed by atoms with van der Waals surface area (Å²) in [6.45, 7) is -0.744. The summed E-state index contributed by atoms with van der Waals surface area (Å²) in [6, 6.07) is 2.22. The van der Waals surface area contributed by atoms with Crippen LogP contribution in [0.15, 0.2) is 23.1 Å². The lowest BCUT2D eigenvalue weighted by Crippen LogP contribution is -2.37. The third kappa shape index (κ3) is 4.21. The third-order valence-corrected chi connectivity index (χ3v) is 3.85. The fourth-order valence-electron chi connectivity index (χ4n) is 1.33. The van der Waals surface area contributed by atoms with Crippen LogP contribution in [-0.4, -0.2) is 50.3 Å². The molecule has 10 heteroatoms. The van der Waals surface area contributed by atoms with Gasteiger partial charge in [-0.15, -0.1) is 0 Å². The standard InChI is InChI=1S/C11H12FNO7S/c1-20-11(17)8(14)5-13-21(18,19)9-4-6(10(15)16)2-3-7(9)12/h2-4,8,13-14H,5H2,1H3,(H,15,16). The van der Waals surface area contributed by atoms with Crippen LogP contribution in [0.2, 0.25) is 0 Å². The molecule has 0 bridgehead atoms. The van der Waals surface area contributed by atoms with Gasteiger partial charge in [0.05, 0.1) is 12.7 Å². The first-order chi connectivity index (χ1) is 9.69. The van der Waals surface area contributed by atoms with Gasteiger partial charge in [0.25, 0.3) is 0 Å². The Bertz CT molecular complexity index is 659. The number of sulfonamides is 1. The number of benzene rings is 1. The average molecular weight is 321 g/mol. The SMILES string of the molecule is COC(=O)C(O)CNS(=O)(=O)c1cc(C(=O)O)ccc1F. The lowest BCUT2D eigenvalue weighted by Gasteiger charge is -2.11. The van der Waals surface area contributed by atoms with Crippen molar-refractivity contribution in [1.82, 2.24) is 4.72 Å². The van der Waals surface area contributed by atoms with E-state index in [1.54, 1.807) is 4.72 Å². The molecule has 1 aromatic rings. The number of esters is 1. The van der Waals surface area contributed by atoms with E-state index in [4.69, 9.17) is 5.11 Å². The van der Waals surface area contributed by atoms with Crippen molar-refractivity contribution in [1.29, 1.82) is 0 Å². The summed E-state index contributed by atoms with van der Waals surface area (Å²) in [6.07, 6.45) is -1.77. The van der Waals surface area contributed by atoms with Gasteiger partial charge in [0.1, 0.15) is 10.7 Å². The van der Waals surface area contributed by atoms with E-state index in [-0.39, 0.29) is 0 Å². The lowest BCUT2D eigenvalue weighted by molar-refractivity contribution is -0.149. The molecule has 0 saturated carbocycles. The molecule has 0 amide bonds. The molecule has 116 valence electrons.